The van der Waals surface area contributed by atoms with Crippen LogP contribution in [-0.2, 0) is 6.42 Å². The van der Waals surface area contributed by atoms with E-state index in [1.165, 1.54) is 5.56 Å². The highest BCUT2D eigenvalue weighted by Gasteiger charge is 1.94. The first-order valence-corrected chi connectivity index (χ1v) is 5.58. The number of hydrogen-bond acceptors (Lipinski definition) is 2. The van der Waals surface area contributed by atoms with Gasteiger partial charge in [-0.05, 0) is 17.7 Å². The van der Waals surface area contributed by atoms with Gasteiger partial charge in [0.05, 0.1) is 0 Å². The molecule has 84 valence electrons. The first-order valence-electron chi connectivity index (χ1n) is 5.58. The molecule has 0 aliphatic carbocycles. The number of rotatable bonds is 2. The molecule has 2 heteroatoms. The zero-order valence-corrected chi connectivity index (χ0v) is 9.53. The maximum Gasteiger partial charge on any atom is 0.132 e. The first-order chi connectivity index (χ1) is 8.45. The molecule has 0 N–H and O–H groups in total. The Morgan fingerprint density at radius 3 is 1.82 bits per heavy atom. The fourth-order valence-electron chi connectivity index (χ4n) is 1.45. The van der Waals surface area contributed by atoms with E-state index in [4.69, 9.17) is 0 Å². The van der Waals surface area contributed by atoms with Gasteiger partial charge in [-0.3, -0.25) is 0 Å². The van der Waals surface area contributed by atoms with Crippen molar-refractivity contribution in [1.82, 2.24) is 9.97 Å². The van der Waals surface area contributed by atoms with Gasteiger partial charge in [0.25, 0.3) is 0 Å². The first kappa shape index (κ1) is 11.3. The molecule has 1 aromatic carbocycles. The predicted molar refractivity (Wildman–Crippen MR) is 68.9 cm³/mol. The SMILES string of the molecule is c1cccnc(Cc2ccccc2)nccc1. The van der Waals surface area contributed by atoms with Gasteiger partial charge >= 0.3 is 0 Å². The van der Waals surface area contributed by atoms with Crippen LogP contribution in [0.1, 0.15) is 11.4 Å². The van der Waals surface area contributed by atoms with Gasteiger partial charge in [0, 0.05) is 18.8 Å². The fourth-order valence-corrected chi connectivity index (χ4v) is 1.45. The van der Waals surface area contributed by atoms with Crippen molar-refractivity contribution in [2.24, 2.45) is 0 Å². The van der Waals surface area contributed by atoms with Crippen LogP contribution in [0.5, 0.6) is 0 Å². The molecule has 0 fully saturated rings. The summed E-state index contributed by atoms with van der Waals surface area (Å²) in [5.74, 6) is 0.812. The monoisotopic (exact) mass is 222 g/mol. The minimum Gasteiger partial charge on any atom is -0.241 e. The van der Waals surface area contributed by atoms with Gasteiger partial charge in [0.2, 0.25) is 0 Å². The molecule has 0 bridgehead atoms. The van der Waals surface area contributed by atoms with Crippen molar-refractivity contribution in [3.8, 4) is 0 Å². The zero-order valence-electron chi connectivity index (χ0n) is 9.53. The molecule has 2 aromatic rings. The third-order valence-corrected chi connectivity index (χ3v) is 2.27. The van der Waals surface area contributed by atoms with Crippen LogP contribution in [0.25, 0.3) is 0 Å². The lowest BCUT2D eigenvalue weighted by Crippen LogP contribution is -1.92. The smallest absolute Gasteiger partial charge is 0.132 e. The maximum atomic E-state index is 4.33. The maximum absolute atomic E-state index is 4.33. The van der Waals surface area contributed by atoms with E-state index < -0.39 is 0 Å². The van der Waals surface area contributed by atoms with Gasteiger partial charge in [-0.2, -0.15) is 0 Å². The third kappa shape index (κ3) is 4.03. The summed E-state index contributed by atoms with van der Waals surface area (Å²) < 4.78 is 0. The zero-order chi connectivity index (χ0) is 11.8. The topological polar surface area (TPSA) is 25.8 Å². The summed E-state index contributed by atoms with van der Waals surface area (Å²) in [6.45, 7) is 0. The molecule has 0 saturated heterocycles. The van der Waals surface area contributed by atoms with Gasteiger partial charge < -0.3 is 0 Å². The van der Waals surface area contributed by atoms with Gasteiger partial charge in [-0.25, -0.2) is 9.97 Å². The average Bonchev–Trinajstić information content (AvgIpc) is 2.38. The molecule has 2 rings (SSSR count). The van der Waals surface area contributed by atoms with E-state index in [0.29, 0.717) is 0 Å². The van der Waals surface area contributed by atoms with Gasteiger partial charge in [0.15, 0.2) is 0 Å². The van der Waals surface area contributed by atoms with Crippen LogP contribution in [-0.4, -0.2) is 9.97 Å². The molecule has 0 spiro atoms. The average molecular weight is 222 g/mol. The molecule has 1 heterocycles. The van der Waals surface area contributed by atoms with E-state index in [0.717, 1.165) is 12.2 Å². The van der Waals surface area contributed by atoms with Crippen LogP contribution in [0, 0.1) is 0 Å². The lowest BCUT2D eigenvalue weighted by Gasteiger charge is -1.97. The van der Waals surface area contributed by atoms with Crippen LogP contribution in [0.3, 0.4) is 0 Å². The Kier molecular flexibility index (Phi) is 4.23. The normalized spacial score (nSPS) is 9.41. The summed E-state index contributed by atoms with van der Waals surface area (Å²) in [6, 6.07) is 19.9. The van der Waals surface area contributed by atoms with Crippen molar-refractivity contribution in [2.45, 2.75) is 6.42 Å². The standard InChI is InChI=1S/C15H14N2/c1-2-7-11-16-15(17-12-8-3-1)13-14-9-5-4-6-10-14/h1-12H,13H2. The molecule has 2 nitrogen and oxygen atoms in total. The van der Waals surface area contributed by atoms with Crippen LogP contribution < -0.4 is 0 Å². The Balaban J connectivity index is 2.27. The molecular formula is C15H14N2. The Labute approximate surface area is 101 Å². The lowest BCUT2D eigenvalue weighted by atomic mass is 10.1. The van der Waals surface area contributed by atoms with Gasteiger partial charge in [0.1, 0.15) is 5.82 Å². The molecule has 0 radical (unpaired) electrons. The van der Waals surface area contributed by atoms with Gasteiger partial charge in [-0.1, -0.05) is 48.5 Å². The van der Waals surface area contributed by atoms with Crippen LogP contribution in [0.4, 0.5) is 0 Å². The molecule has 0 amide bonds. The Morgan fingerprint density at radius 1 is 0.647 bits per heavy atom. The summed E-state index contributed by atoms with van der Waals surface area (Å²) in [5, 5.41) is 0. The molecule has 0 aliphatic heterocycles. The largest absolute Gasteiger partial charge is 0.241 e. The van der Waals surface area contributed by atoms with E-state index in [2.05, 4.69) is 22.1 Å². The van der Waals surface area contributed by atoms with Crippen LogP contribution in [0.15, 0.2) is 73.1 Å². The van der Waals surface area contributed by atoms with Crippen molar-refractivity contribution in [3.63, 3.8) is 0 Å². The highest BCUT2D eigenvalue weighted by Crippen LogP contribution is 2.02. The second-order valence-electron chi connectivity index (χ2n) is 3.60. The quantitative estimate of drug-likeness (QED) is 0.779. The fraction of sp³-hybridized carbons (Fsp3) is 0.0667. The van der Waals surface area contributed by atoms with Crippen molar-refractivity contribution in [2.75, 3.05) is 0 Å². The van der Waals surface area contributed by atoms with E-state index in [1.54, 1.807) is 12.4 Å². The predicted octanol–water partition coefficient (Wildman–Crippen LogP) is 3.19. The van der Waals surface area contributed by atoms with Crippen LogP contribution >= 0.6 is 0 Å². The van der Waals surface area contributed by atoms with E-state index in [1.807, 2.05) is 48.5 Å². The lowest BCUT2D eigenvalue weighted by molar-refractivity contribution is 0.983. The van der Waals surface area contributed by atoms with Crippen LogP contribution in [0.2, 0.25) is 0 Å². The molecule has 17 heavy (non-hydrogen) atoms. The summed E-state index contributed by atoms with van der Waals surface area (Å²) in [7, 11) is 0. The number of aromatic nitrogens is 2. The minimum atomic E-state index is 0.749. The highest BCUT2D eigenvalue weighted by molar-refractivity contribution is 5.18. The highest BCUT2D eigenvalue weighted by atomic mass is 14.8. The number of benzene rings is 1. The number of nitrogens with zero attached hydrogens (tertiary/aromatic N) is 2. The summed E-state index contributed by atoms with van der Waals surface area (Å²) in [6.07, 6.45) is 4.29. The van der Waals surface area contributed by atoms with Crippen molar-refractivity contribution < 1.29 is 0 Å². The van der Waals surface area contributed by atoms with Crippen molar-refractivity contribution >= 4 is 0 Å². The molecule has 0 aliphatic rings. The second kappa shape index (κ2) is 6.38. The van der Waals surface area contributed by atoms with Crippen molar-refractivity contribution in [3.05, 3.63) is 84.4 Å². The van der Waals surface area contributed by atoms with Crippen molar-refractivity contribution in [1.29, 1.82) is 0 Å². The molecule has 1 aromatic heterocycles. The Morgan fingerprint density at radius 2 is 1.18 bits per heavy atom. The Bertz CT molecular complexity index is 483. The van der Waals surface area contributed by atoms with E-state index in [9.17, 15) is 0 Å². The summed E-state index contributed by atoms with van der Waals surface area (Å²) in [4.78, 5) is 8.67. The van der Waals surface area contributed by atoms with E-state index in [-0.39, 0.29) is 0 Å². The summed E-state index contributed by atoms with van der Waals surface area (Å²) >= 11 is 0. The second-order valence-corrected chi connectivity index (χ2v) is 3.60. The molecule has 0 saturated carbocycles. The molecule has 0 atom stereocenters. The van der Waals surface area contributed by atoms with Gasteiger partial charge in [-0.15, -0.1) is 0 Å². The molecular weight excluding hydrogens is 208 g/mol. The minimum absolute atomic E-state index is 0.749. The molecule has 0 unspecified atom stereocenters. The van der Waals surface area contributed by atoms with E-state index >= 15 is 0 Å². The third-order valence-electron chi connectivity index (χ3n) is 2.27. The summed E-state index contributed by atoms with van der Waals surface area (Å²) in [5.41, 5.74) is 1.22. The number of hydrogen-bond donors (Lipinski definition) is 0. The Hall–Kier alpha value is -2.22.